The van der Waals surface area contributed by atoms with Crippen LogP contribution in [-0.2, 0) is 4.79 Å². The van der Waals surface area contributed by atoms with Crippen LogP contribution in [0.25, 0.3) is 11.0 Å². The summed E-state index contributed by atoms with van der Waals surface area (Å²) >= 11 is 0. The van der Waals surface area contributed by atoms with E-state index in [1.807, 2.05) is 13.8 Å². The summed E-state index contributed by atoms with van der Waals surface area (Å²) in [6.07, 6.45) is 0. The molecule has 19 heavy (non-hydrogen) atoms. The van der Waals surface area contributed by atoms with Gasteiger partial charge in [0.2, 0.25) is 5.91 Å². The standard InChI is InChI=1S/C12H17N5O2/c1-6(2)14-12(18)7(3)15-9-5-4-8(13)10-11(9)17-19-16-10/h4-7,15H,13H2,1-3H3,(H,14,18). The molecule has 0 saturated carbocycles. The normalized spacial score (nSPS) is 12.6. The van der Waals surface area contributed by atoms with Gasteiger partial charge in [0, 0.05) is 6.04 Å². The van der Waals surface area contributed by atoms with Gasteiger partial charge in [-0.3, -0.25) is 4.79 Å². The molecule has 4 N–H and O–H groups in total. The second-order valence-corrected chi connectivity index (χ2v) is 4.69. The van der Waals surface area contributed by atoms with Gasteiger partial charge in [-0.05, 0) is 43.2 Å². The van der Waals surface area contributed by atoms with Crippen molar-refractivity contribution in [2.24, 2.45) is 0 Å². The molecule has 2 rings (SSSR count). The van der Waals surface area contributed by atoms with E-state index in [-0.39, 0.29) is 11.9 Å². The number of nitrogens with two attached hydrogens (primary N) is 1. The predicted molar refractivity (Wildman–Crippen MR) is 72.6 cm³/mol. The molecule has 1 unspecified atom stereocenters. The lowest BCUT2D eigenvalue weighted by atomic mass is 10.2. The number of hydrogen-bond acceptors (Lipinski definition) is 6. The number of carbonyl (C=O) groups excluding carboxylic acids is 1. The van der Waals surface area contributed by atoms with Crippen LogP contribution in [-0.4, -0.2) is 28.3 Å². The number of carbonyl (C=O) groups is 1. The Bertz CT molecular complexity index is 593. The molecule has 0 bridgehead atoms. The molecule has 1 amide bonds. The zero-order chi connectivity index (χ0) is 14.0. The van der Waals surface area contributed by atoms with Crippen LogP contribution in [0.15, 0.2) is 16.8 Å². The van der Waals surface area contributed by atoms with Crippen LogP contribution in [0.2, 0.25) is 0 Å². The van der Waals surface area contributed by atoms with Crippen molar-refractivity contribution >= 4 is 28.3 Å². The first-order valence-corrected chi connectivity index (χ1v) is 6.06. The van der Waals surface area contributed by atoms with E-state index in [1.165, 1.54) is 0 Å². The third-order valence-corrected chi connectivity index (χ3v) is 2.64. The van der Waals surface area contributed by atoms with Crippen molar-refractivity contribution in [1.29, 1.82) is 0 Å². The fourth-order valence-electron chi connectivity index (χ4n) is 1.71. The highest BCUT2D eigenvalue weighted by molar-refractivity contribution is 5.96. The molecular weight excluding hydrogens is 246 g/mol. The largest absolute Gasteiger partial charge is 0.397 e. The highest BCUT2D eigenvalue weighted by atomic mass is 16.6. The summed E-state index contributed by atoms with van der Waals surface area (Å²) < 4.78 is 4.67. The number of hydrogen-bond donors (Lipinski definition) is 3. The number of nitrogen functional groups attached to an aromatic ring is 1. The molecule has 0 fully saturated rings. The lowest BCUT2D eigenvalue weighted by Crippen LogP contribution is -2.41. The monoisotopic (exact) mass is 263 g/mol. The van der Waals surface area contributed by atoms with E-state index in [4.69, 9.17) is 5.73 Å². The number of nitrogens with zero attached hydrogens (tertiary/aromatic N) is 2. The maximum atomic E-state index is 11.8. The van der Waals surface area contributed by atoms with E-state index in [0.717, 1.165) is 0 Å². The highest BCUT2D eigenvalue weighted by Crippen LogP contribution is 2.25. The number of rotatable bonds is 4. The second-order valence-electron chi connectivity index (χ2n) is 4.69. The van der Waals surface area contributed by atoms with Gasteiger partial charge in [0.1, 0.15) is 6.04 Å². The number of nitrogens with one attached hydrogen (secondary N) is 2. The van der Waals surface area contributed by atoms with Crippen LogP contribution < -0.4 is 16.4 Å². The van der Waals surface area contributed by atoms with Crippen LogP contribution in [0.4, 0.5) is 11.4 Å². The molecule has 1 heterocycles. The minimum atomic E-state index is -0.397. The number of anilines is 2. The van der Waals surface area contributed by atoms with Gasteiger partial charge >= 0.3 is 0 Å². The summed E-state index contributed by atoms with van der Waals surface area (Å²) in [6.45, 7) is 5.59. The quantitative estimate of drug-likeness (QED) is 0.714. The first-order chi connectivity index (χ1) is 8.99. The molecule has 0 aliphatic carbocycles. The smallest absolute Gasteiger partial charge is 0.242 e. The second kappa shape index (κ2) is 5.13. The van der Waals surface area contributed by atoms with Crippen molar-refractivity contribution in [3.8, 4) is 0 Å². The van der Waals surface area contributed by atoms with Crippen molar-refractivity contribution < 1.29 is 9.42 Å². The molecule has 1 aromatic heterocycles. The van der Waals surface area contributed by atoms with Crippen LogP contribution in [0.3, 0.4) is 0 Å². The zero-order valence-electron chi connectivity index (χ0n) is 11.1. The molecule has 0 spiro atoms. The van der Waals surface area contributed by atoms with Gasteiger partial charge in [-0.1, -0.05) is 0 Å². The number of benzene rings is 1. The minimum absolute atomic E-state index is 0.0866. The first-order valence-electron chi connectivity index (χ1n) is 6.06. The average molecular weight is 263 g/mol. The van der Waals surface area contributed by atoms with Crippen LogP contribution in [0.5, 0.6) is 0 Å². The molecule has 7 heteroatoms. The summed E-state index contributed by atoms with van der Waals surface area (Å²) in [5.74, 6) is -0.0866. The lowest BCUT2D eigenvalue weighted by molar-refractivity contribution is -0.122. The highest BCUT2D eigenvalue weighted by Gasteiger charge is 2.16. The Morgan fingerprint density at radius 1 is 1.26 bits per heavy atom. The van der Waals surface area contributed by atoms with Gasteiger partial charge in [-0.25, -0.2) is 4.63 Å². The van der Waals surface area contributed by atoms with Gasteiger partial charge in [0.05, 0.1) is 11.4 Å². The first kappa shape index (κ1) is 13.1. The van der Waals surface area contributed by atoms with Crippen molar-refractivity contribution in [2.75, 3.05) is 11.1 Å². The number of amides is 1. The average Bonchev–Trinajstić information content (AvgIpc) is 2.81. The number of aromatic nitrogens is 2. The van der Waals surface area contributed by atoms with E-state index in [2.05, 4.69) is 25.6 Å². The molecule has 0 radical (unpaired) electrons. The van der Waals surface area contributed by atoms with Gasteiger partial charge in [-0.15, -0.1) is 0 Å². The van der Waals surface area contributed by atoms with Crippen molar-refractivity contribution in [2.45, 2.75) is 32.9 Å². The van der Waals surface area contributed by atoms with Crippen molar-refractivity contribution in [3.63, 3.8) is 0 Å². The Labute approximate surface area is 110 Å². The van der Waals surface area contributed by atoms with E-state index in [1.54, 1.807) is 19.1 Å². The maximum absolute atomic E-state index is 11.8. The Kier molecular flexibility index (Phi) is 3.55. The van der Waals surface area contributed by atoms with E-state index < -0.39 is 6.04 Å². The number of fused-ring (bicyclic) bond motifs is 1. The van der Waals surface area contributed by atoms with Gasteiger partial charge in [0.15, 0.2) is 11.0 Å². The van der Waals surface area contributed by atoms with Gasteiger partial charge in [0.25, 0.3) is 0 Å². The molecule has 2 aromatic rings. The Hall–Kier alpha value is -2.31. The van der Waals surface area contributed by atoms with Crippen LogP contribution >= 0.6 is 0 Å². The molecular formula is C12H17N5O2. The lowest BCUT2D eigenvalue weighted by Gasteiger charge is -2.17. The van der Waals surface area contributed by atoms with Crippen LogP contribution in [0.1, 0.15) is 20.8 Å². The summed E-state index contributed by atoms with van der Waals surface area (Å²) in [5.41, 5.74) is 7.91. The summed E-state index contributed by atoms with van der Waals surface area (Å²) in [7, 11) is 0. The van der Waals surface area contributed by atoms with Gasteiger partial charge < -0.3 is 16.4 Å². The third kappa shape index (κ3) is 2.75. The van der Waals surface area contributed by atoms with E-state index in [0.29, 0.717) is 22.4 Å². The Balaban J connectivity index is 2.19. The molecule has 0 aliphatic heterocycles. The molecule has 102 valence electrons. The Morgan fingerprint density at radius 3 is 2.63 bits per heavy atom. The minimum Gasteiger partial charge on any atom is -0.397 e. The van der Waals surface area contributed by atoms with E-state index >= 15 is 0 Å². The zero-order valence-corrected chi connectivity index (χ0v) is 11.1. The fourth-order valence-corrected chi connectivity index (χ4v) is 1.71. The fraction of sp³-hybridized carbons (Fsp3) is 0.417. The summed E-state index contributed by atoms with van der Waals surface area (Å²) in [4.78, 5) is 11.8. The SMILES string of the molecule is CC(C)NC(=O)C(C)Nc1ccc(N)c2nonc12. The van der Waals surface area contributed by atoms with Crippen LogP contribution in [0, 0.1) is 0 Å². The molecule has 7 nitrogen and oxygen atoms in total. The molecule has 1 aromatic carbocycles. The molecule has 0 aliphatic rings. The third-order valence-electron chi connectivity index (χ3n) is 2.64. The van der Waals surface area contributed by atoms with E-state index in [9.17, 15) is 4.79 Å². The van der Waals surface area contributed by atoms with Gasteiger partial charge in [-0.2, -0.15) is 0 Å². The topological polar surface area (TPSA) is 106 Å². The summed E-state index contributed by atoms with van der Waals surface area (Å²) in [5, 5.41) is 13.4. The Morgan fingerprint density at radius 2 is 1.95 bits per heavy atom. The molecule has 1 atom stereocenters. The predicted octanol–water partition coefficient (Wildman–Crippen LogP) is 1.13. The summed E-state index contributed by atoms with van der Waals surface area (Å²) in [6, 6.07) is 3.14. The van der Waals surface area contributed by atoms with Crippen molar-refractivity contribution in [3.05, 3.63) is 12.1 Å². The maximum Gasteiger partial charge on any atom is 0.242 e. The van der Waals surface area contributed by atoms with Crippen molar-refractivity contribution in [1.82, 2.24) is 15.6 Å². The molecule has 0 saturated heterocycles.